The van der Waals surface area contributed by atoms with Crippen molar-refractivity contribution in [2.45, 2.75) is 51.5 Å². The van der Waals surface area contributed by atoms with Crippen LogP contribution in [0.15, 0.2) is 42.5 Å². The van der Waals surface area contributed by atoms with Crippen LogP contribution in [0.2, 0.25) is 0 Å². The van der Waals surface area contributed by atoms with E-state index in [0.717, 1.165) is 35.0 Å². The molecule has 5 rings (SSSR count). The summed E-state index contributed by atoms with van der Waals surface area (Å²) in [6.45, 7) is 2.83. The molecule has 0 unspecified atom stereocenters. The first-order valence-corrected chi connectivity index (χ1v) is 10.8. The van der Waals surface area contributed by atoms with E-state index in [4.69, 9.17) is 0 Å². The number of hydrogen-bond acceptors (Lipinski definition) is 2. The average molecular weight is 402 g/mol. The van der Waals surface area contributed by atoms with Gasteiger partial charge in [-0.3, -0.25) is 4.79 Å². The summed E-state index contributed by atoms with van der Waals surface area (Å²) in [5.41, 5.74) is 5.78. The van der Waals surface area contributed by atoms with Crippen LogP contribution in [-0.2, 0) is 11.3 Å². The van der Waals surface area contributed by atoms with Crippen molar-refractivity contribution in [1.82, 2.24) is 4.57 Å². The van der Waals surface area contributed by atoms with E-state index in [9.17, 15) is 14.7 Å². The highest BCUT2D eigenvalue weighted by Gasteiger charge is 2.31. The van der Waals surface area contributed by atoms with Crippen molar-refractivity contribution >= 4 is 28.5 Å². The van der Waals surface area contributed by atoms with Crippen LogP contribution >= 0.6 is 0 Å². The molecule has 1 N–H and O–H groups in total. The number of aromatic carboxylic acids is 1. The second-order valence-electron chi connectivity index (χ2n) is 8.47. The summed E-state index contributed by atoms with van der Waals surface area (Å²) in [4.78, 5) is 25.9. The van der Waals surface area contributed by atoms with Gasteiger partial charge in [0.2, 0.25) is 5.91 Å². The SMILES string of the molecule is CC(=O)N1CCn2c(c(C3CCCCC3)c3ccc(C(=O)O)cc32)-c2ccccc21. The number of nitrogens with zero attached hydrogens (tertiary/aromatic N) is 2. The molecule has 1 amide bonds. The number of rotatable bonds is 2. The molecule has 154 valence electrons. The molecule has 2 aliphatic rings. The molecule has 2 heterocycles. The van der Waals surface area contributed by atoms with Gasteiger partial charge >= 0.3 is 5.97 Å². The van der Waals surface area contributed by atoms with Crippen LogP contribution in [-0.4, -0.2) is 28.1 Å². The smallest absolute Gasteiger partial charge is 0.335 e. The lowest BCUT2D eigenvalue weighted by molar-refractivity contribution is -0.116. The normalized spacial score (nSPS) is 16.8. The van der Waals surface area contributed by atoms with E-state index in [1.807, 2.05) is 29.2 Å². The lowest BCUT2D eigenvalue weighted by atomic mass is 9.81. The Bertz CT molecular complexity index is 1150. The minimum absolute atomic E-state index is 0.0305. The summed E-state index contributed by atoms with van der Waals surface area (Å²) >= 11 is 0. The molecule has 0 radical (unpaired) electrons. The van der Waals surface area contributed by atoms with Gasteiger partial charge < -0.3 is 14.6 Å². The predicted molar refractivity (Wildman–Crippen MR) is 118 cm³/mol. The number of carbonyl (C=O) groups is 2. The van der Waals surface area contributed by atoms with Crippen LogP contribution in [0.3, 0.4) is 0 Å². The third-order valence-electron chi connectivity index (χ3n) is 6.74. The first-order chi connectivity index (χ1) is 14.6. The minimum atomic E-state index is -0.911. The topological polar surface area (TPSA) is 62.5 Å². The lowest BCUT2D eigenvalue weighted by Gasteiger charge is -2.24. The maximum Gasteiger partial charge on any atom is 0.335 e. The highest BCUT2D eigenvalue weighted by molar-refractivity contribution is 6.02. The average Bonchev–Trinajstić information content (AvgIpc) is 2.97. The molecule has 0 atom stereocenters. The lowest BCUT2D eigenvalue weighted by Crippen LogP contribution is -2.30. The van der Waals surface area contributed by atoms with E-state index >= 15 is 0 Å². The Morgan fingerprint density at radius 3 is 2.50 bits per heavy atom. The van der Waals surface area contributed by atoms with Gasteiger partial charge in [0.1, 0.15) is 0 Å². The number of carboxylic acid groups (broad SMARTS) is 1. The van der Waals surface area contributed by atoms with Gasteiger partial charge in [0, 0.05) is 36.5 Å². The zero-order chi connectivity index (χ0) is 20.8. The van der Waals surface area contributed by atoms with Crippen molar-refractivity contribution in [2.24, 2.45) is 0 Å². The van der Waals surface area contributed by atoms with E-state index < -0.39 is 5.97 Å². The second-order valence-corrected chi connectivity index (χ2v) is 8.47. The number of amides is 1. The number of aromatic nitrogens is 1. The molecule has 5 nitrogen and oxygen atoms in total. The standard InChI is InChI=1S/C25H26N2O3/c1-16(28)26-13-14-27-22-15-18(25(29)30)11-12-19(22)23(17-7-3-2-4-8-17)24(27)20-9-5-6-10-21(20)26/h5-6,9-12,15,17H,2-4,7-8,13-14H2,1H3,(H,29,30). The van der Waals surface area contributed by atoms with Gasteiger partial charge in [0.05, 0.1) is 16.9 Å². The Hall–Kier alpha value is -3.08. The van der Waals surface area contributed by atoms with Crippen molar-refractivity contribution in [3.8, 4) is 11.3 Å². The maximum atomic E-state index is 12.4. The number of para-hydroxylation sites is 1. The van der Waals surface area contributed by atoms with Gasteiger partial charge in [-0.1, -0.05) is 43.5 Å². The number of benzene rings is 2. The summed E-state index contributed by atoms with van der Waals surface area (Å²) in [6, 6.07) is 13.7. The predicted octanol–water partition coefficient (Wildman–Crippen LogP) is 5.42. The van der Waals surface area contributed by atoms with Crippen LogP contribution in [0.1, 0.15) is 60.9 Å². The van der Waals surface area contributed by atoms with Crippen LogP contribution < -0.4 is 4.90 Å². The summed E-state index contributed by atoms with van der Waals surface area (Å²) in [6.07, 6.45) is 6.05. The molecule has 0 spiro atoms. The molecule has 3 aromatic rings. The van der Waals surface area contributed by atoms with Crippen molar-refractivity contribution in [1.29, 1.82) is 0 Å². The minimum Gasteiger partial charge on any atom is -0.478 e. The fourth-order valence-electron chi connectivity index (χ4n) is 5.39. The molecule has 1 saturated carbocycles. The summed E-state index contributed by atoms with van der Waals surface area (Å²) in [5.74, 6) is -0.417. The molecule has 1 aromatic heterocycles. The van der Waals surface area contributed by atoms with Gasteiger partial charge in [0.25, 0.3) is 0 Å². The van der Waals surface area contributed by atoms with Gasteiger partial charge in [-0.2, -0.15) is 0 Å². The van der Waals surface area contributed by atoms with E-state index in [1.165, 1.54) is 30.5 Å². The Labute approximate surface area is 175 Å². The number of hydrogen-bond donors (Lipinski definition) is 1. The van der Waals surface area contributed by atoms with Crippen LogP contribution in [0.4, 0.5) is 5.69 Å². The van der Waals surface area contributed by atoms with Crippen LogP contribution in [0.25, 0.3) is 22.2 Å². The first kappa shape index (κ1) is 18.9. The highest BCUT2D eigenvalue weighted by Crippen LogP contribution is 2.47. The zero-order valence-corrected chi connectivity index (χ0v) is 17.2. The number of anilines is 1. The Balaban J connectivity index is 1.84. The van der Waals surface area contributed by atoms with E-state index in [2.05, 4.69) is 10.6 Å². The van der Waals surface area contributed by atoms with Crippen LogP contribution in [0, 0.1) is 0 Å². The fraction of sp³-hybridized carbons (Fsp3) is 0.360. The molecule has 0 saturated heterocycles. The van der Waals surface area contributed by atoms with E-state index in [-0.39, 0.29) is 5.91 Å². The molecule has 2 aromatic carbocycles. The summed E-state index contributed by atoms with van der Waals surface area (Å²) < 4.78 is 2.26. The first-order valence-electron chi connectivity index (χ1n) is 10.8. The molecule has 1 aliphatic heterocycles. The zero-order valence-electron chi connectivity index (χ0n) is 17.2. The molecule has 5 heteroatoms. The maximum absolute atomic E-state index is 12.4. The van der Waals surface area contributed by atoms with Gasteiger partial charge in [-0.15, -0.1) is 0 Å². The monoisotopic (exact) mass is 402 g/mol. The highest BCUT2D eigenvalue weighted by atomic mass is 16.4. The molecule has 1 fully saturated rings. The second kappa shape index (κ2) is 7.31. The fourth-order valence-corrected chi connectivity index (χ4v) is 5.39. The largest absolute Gasteiger partial charge is 0.478 e. The van der Waals surface area contributed by atoms with Crippen molar-refractivity contribution in [2.75, 3.05) is 11.4 Å². The van der Waals surface area contributed by atoms with E-state index in [1.54, 1.807) is 19.1 Å². The quantitative estimate of drug-likeness (QED) is 0.622. The molecule has 30 heavy (non-hydrogen) atoms. The Morgan fingerprint density at radius 2 is 1.77 bits per heavy atom. The third kappa shape index (κ3) is 2.92. The third-order valence-corrected chi connectivity index (χ3v) is 6.74. The molecular weight excluding hydrogens is 376 g/mol. The molecular formula is C25H26N2O3. The summed E-state index contributed by atoms with van der Waals surface area (Å²) in [5, 5.41) is 10.7. The van der Waals surface area contributed by atoms with E-state index in [0.29, 0.717) is 24.6 Å². The van der Waals surface area contributed by atoms with Gasteiger partial charge in [-0.25, -0.2) is 4.79 Å². The van der Waals surface area contributed by atoms with Crippen molar-refractivity contribution < 1.29 is 14.7 Å². The van der Waals surface area contributed by atoms with Crippen molar-refractivity contribution in [3.63, 3.8) is 0 Å². The van der Waals surface area contributed by atoms with Crippen LogP contribution in [0.5, 0.6) is 0 Å². The molecule has 1 aliphatic carbocycles. The Kier molecular flexibility index (Phi) is 4.61. The Morgan fingerprint density at radius 1 is 1.00 bits per heavy atom. The number of fused-ring (bicyclic) bond motifs is 5. The molecule has 0 bridgehead atoms. The number of carboxylic acids is 1. The number of carbonyl (C=O) groups excluding carboxylic acids is 1. The summed E-state index contributed by atoms with van der Waals surface area (Å²) in [7, 11) is 0. The van der Waals surface area contributed by atoms with Gasteiger partial charge in [-0.05, 0) is 42.5 Å². The van der Waals surface area contributed by atoms with Gasteiger partial charge in [0.15, 0.2) is 0 Å². The van der Waals surface area contributed by atoms with Crippen molar-refractivity contribution in [3.05, 3.63) is 53.6 Å².